The molecule has 2 N–H and O–H groups in total. The Kier molecular flexibility index (Phi) is 5.31. The highest BCUT2D eigenvalue weighted by molar-refractivity contribution is 5.90. The fourth-order valence-corrected chi connectivity index (χ4v) is 2.74. The summed E-state index contributed by atoms with van der Waals surface area (Å²) in [7, 11) is 1.60. The lowest BCUT2D eigenvalue weighted by molar-refractivity contribution is -0.125. The molecular formula is C18H20N4O4. The van der Waals surface area contributed by atoms with E-state index in [9.17, 15) is 14.4 Å². The summed E-state index contributed by atoms with van der Waals surface area (Å²) >= 11 is 0. The van der Waals surface area contributed by atoms with E-state index in [4.69, 9.17) is 4.74 Å². The van der Waals surface area contributed by atoms with Crippen LogP contribution in [0.1, 0.15) is 12.8 Å². The first kappa shape index (κ1) is 17.7. The molecule has 0 radical (unpaired) electrons. The molecule has 0 bridgehead atoms. The zero-order valence-corrected chi connectivity index (χ0v) is 14.4. The second kappa shape index (κ2) is 7.81. The third-order valence-corrected chi connectivity index (χ3v) is 4.19. The lowest BCUT2D eigenvalue weighted by Gasteiger charge is -2.12. The zero-order chi connectivity index (χ0) is 18.5. The van der Waals surface area contributed by atoms with Gasteiger partial charge in [-0.1, -0.05) is 0 Å². The second-order valence-electron chi connectivity index (χ2n) is 5.96. The summed E-state index contributed by atoms with van der Waals surface area (Å²) in [5, 5.41) is 9.68. The van der Waals surface area contributed by atoms with E-state index < -0.39 is 6.04 Å². The number of carbonyl (C=O) groups excluding carboxylic acids is 2. The minimum atomic E-state index is -0.488. The molecule has 8 heteroatoms. The summed E-state index contributed by atoms with van der Waals surface area (Å²) < 4.78 is 6.44. The predicted molar refractivity (Wildman–Crippen MR) is 94.7 cm³/mol. The molecule has 3 rings (SSSR count). The van der Waals surface area contributed by atoms with Crippen molar-refractivity contribution < 1.29 is 14.3 Å². The molecule has 1 aromatic heterocycles. The topological polar surface area (TPSA) is 102 Å². The molecule has 2 amide bonds. The standard InChI is InChI=1S/C18H20N4O4/c1-26-13-4-2-12(3-5-13)14-7-9-17(24)22(21-14)11-10-19-18(25)15-6-8-16(23)20-15/h2-5,7,9,15H,6,8,10-11H2,1H3,(H,19,25)(H,20,23). The molecule has 0 saturated carbocycles. The Morgan fingerprint density at radius 1 is 1.27 bits per heavy atom. The molecule has 0 spiro atoms. The van der Waals surface area contributed by atoms with Gasteiger partial charge in [-0.25, -0.2) is 4.68 Å². The van der Waals surface area contributed by atoms with Crippen molar-refractivity contribution in [3.05, 3.63) is 46.8 Å². The number of carbonyl (C=O) groups is 2. The third-order valence-electron chi connectivity index (χ3n) is 4.19. The number of ether oxygens (including phenoxy) is 1. The zero-order valence-electron chi connectivity index (χ0n) is 14.4. The van der Waals surface area contributed by atoms with Crippen LogP contribution in [0.25, 0.3) is 11.3 Å². The van der Waals surface area contributed by atoms with Gasteiger partial charge in [0, 0.05) is 24.6 Å². The van der Waals surface area contributed by atoms with Crippen LogP contribution in [0.2, 0.25) is 0 Å². The molecule has 1 atom stereocenters. The van der Waals surface area contributed by atoms with Gasteiger partial charge in [0.05, 0.1) is 19.3 Å². The fraction of sp³-hybridized carbons (Fsp3) is 0.333. The quantitative estimate of drug-likeness (QED) is 0.776. The number of benzene rings is 1. The third kappa shape index (κ3) is 4.08. The van der Waals surface area contributed by atoms with E-state index in [0.717, 1.165) is 11.3 Å². The molecule has 1 saturated heterocycles. The molecule has 1 unspecified atom stereocenters. The fourth-order valence-electron chi connectivity index (χ4n) is 2.74. The maximum atomic E-state index is 12.0. The number of hydrogen-bond donors (Lipinski definition) is 2. The van der Waals surface area contributed by atoms with E-state index >= 15 is 0 Å². The van der Waals surface area contributed by atoms with Crippen LogP contribution in [0.5, 0.6) is 5.75 Å². The highest BCUT2D eigenvalue weighted by atomic mass is 16.5. The van der Waals surface area contributed by atoms with Gasteiger partial charge >= 0.3 is 0 Å². The average molecular weight is 356 g/mol. The van der Waals surface area contributed by atoms with Crippen molar-refractivity contribution in [1.29, 1.82) is 0 Å². The Balaban J connectivity index is 1.63. The minimum Gasteiger partial charge on any atom is -0.497 e. The summed E-state index contributed by atoms with van der Waals surface area (Å²) in [5.41, 5.74) is 1.27. The van der Waals surface area contributed by atoms with E-state index in [-0.39, 0.29) is 30.5 Å². The molecule has 0 aliphatic carbocycles. The van der Waals surface area contributed by atoms with Gasteiger partial charge in [-0.15, -0.1) is 0 Å². The number of hydrogen-bond acceptors (Lipinski definition) is 5. The van der Waals surface area contributed by atoms with Gasteiger partial charge in [-0.3, -0.25) is 14.4 Å². The van der Waals surface area contributed by atoms with Crippen molar-refractivity contribution in [2.45, 2.75) is 25.4 Å². The van der Waals surface area contributed by atoms with Crippen LogP contribution in [-0.2, 0) is 16.1 Å². The summed E-state index contributed by atoms with van der Waals surface area (Å²) in [6.07, 6.45) is 0.860. The van der Waals surface area contributed by atoms with Gasteiger partial charge in [0.2, 0.25) is 11.8 Å². The lowest BCUT2D eigenvalue weighted by Crippen LogP contribution is -2.43. The van der Waals surface area contributed by atoms with Crippen LogP contribution in [-0.4, -0.2) is 41.3 Å². The largest absolute Gasteiger partial charge is 0.497 e. The average Bonchev–Trinajstić information content (AvgIpc) is 3.10. The molecule has 26 heavy (non-hydrogen) atoms. The van der Waals surface area contributed by atoms with E-state index in [2.05, 4.69) is 15.7 Å². The summed E-state index contributed by atoms with van der Waals surface area (Å²) in [6.45, 7) is 0.499. The molecule has 2 heterocycles. The minimum absolute atomic E-state index is 0.116. The molecule has 136 valence electrons. The first-order valence-corrected chi connectivity index (χ1v) is 8.36. The van der Waals surface area contributed by atoms with Crippen molar-refractivity contribution in [3.8, 4) is 17.0 Å². The van der Waals surface area contributed by atoms with Crippen molar-refractivity contribution in [2.75, 3.05) is 13.7 Å². The highest BCUT2D eigenvalue weighted by Crippen LogP contribution is 2.19. The molecule has 1 aliphatic heterocycles. The Hall–Kier alpha value is -3.16. The number of aromatic nitrogens is 2. The number of nitrogens with one attached hydrogen (secondary N) is 2. The molecule has 2 aromatic rings. The van der Waals surface area contributed by atoms with Crippen LogP contribution >= 0.6 is 0 Å². The van der Waals surface area contributed by atoms with E-state index in [1.54, 1.807) is 13.2 Å². The predicted octanol–water partition coefficient (Wildman–Crippen LogP) is 0.314. The smallest absolute Gasteiger partial charge is 0.266 e. The highest BCUT2D eigenvalue weighted by Gasteiger charge is 2.26. The van der Waals surface area contributed by atoms with Crippen molar-refractivity contribution >= 4 is 11.8 Å². The molecule has 1 aliphatic rings. The van der Waals surface area contributed by atoms with Crippen LogP contribution in [0.3, 0.4) is 0 Å². The summed E-state index contributed by atoms with van der Waals surface area (Å²) in [5.74, 6) is 0.384. The number of nitrogens with zero attached hydrogens (tertiary/aromatic N) is 2. The van der Waals surface area contributed by atoms with Gasteiger partial charge in [0.15, 0.2) is 0 Å². The van der Waals surface area contributed by atoms with Crippen molar-refractivity contribution in [1.82, 2.24) is 20.4 Å². The van der Waals surface area contributed by atoms with Gasteiger partial charge in [0.25, 0.3) is 5.56 Å². The molecule has 1 aromatic carbocycles. The second-order valence-corrected chi connectivity index (χ2v) is 5.96. The van der Waals surface area contributed by atoms with Crippen LogP contribution in [0.15, 0.2) is 41.2 Å². The number of methoxy groups -OCH3 is 1. The molecule has 1 fully saturated rings. The maximum Gasteiger partial charge on any atom is 0.266 e. The van der Waals surface area contributed by atoms with Gasteiger partial charge in [-0.05, 0) is 36.8 Å². The normalized spacial score (nSPS) is 16.2. The van der Waals surface area contributed by atoms with E-state index in [1.807, 2.05) is 24.3 Å². The number of rotatable bonds is 6. The Morgan fingerprint density at radius 3 is 2.69 bits per heavy atom. The van der Waals surface area contributed by atoms with Crippen molar-refractivity contribution in [2.24, 2.45) is 0 Å². The summed E-state index contributed by atoms with van der Waals surface area (Å²) in [4.78, 5) is 35.1. The summed E-state index contributed by atoms with van der Waals surface area (Å²) in [6, 6.07) is 9.99. The van der Waals surface area contributed by atoms with E-state index in [1.165, 1.54) is 10.7 Å². The monoisotopic (exact) mass is 356 g/mol. The van der Waals surface area contributed by atoms with Crippen LogP contribution in [0, 0.1) is 0 Å². The van der Waals surface area contributed by atoms with Crippen molar-refractivity contribution in [3.63, 3.8) is 0 Å². The molecule has 8 nitrogen and oxygen atoms in total. The Bertz CT molecular complexity index is 860. The Labute approximate surface area is 150 Å². The number of amides is 2. The van der Waals surface area contributed by atoms with Gasteiger partial charge in [-0.2, -0.15) is 5.10 Å². The van der Waals surface area contributed by atoms with Gasteiger partial charge in [0.1, 0.15) is 11.8 Å². The molecular weight excluding hydrogens is 336 g/mol. The van der Waals surface area contributed by atoms with Crippen LogP contribution < -0.4 is 20.9 Å². The van der Waals surface area contributed by atoms with Crippen LogP contribution in [0.4, 0.5) is 0 Å². The maximum absolute atomic E-state index is 12.0. The van der Waals surface area contributed by atoms with E-state index in [0.29, 0.717) is 18.5 Å². The SMILES string of the molecule is COc1ccc(-c2ccc(=O)n(CCNC(=O)C3CCC(=O)N3)n2)cc1. The van der Waals surface area contributed by atoms with Gasteiger partial charge < -0.3 is 15.4 Å². The first-order chi connectivity index (χ1) is 12.6. The Morgan fingerprint density at radius 2 is 2.04 bits per heavy atom. The lowest BCUT2D eigenvalue weighted by atomic mass is 10.1. The first-order valence-electron chi connectivity index (χ1n) is 8.36.